The highest BCUT2D eigenvalue weighted by Crippen LogP contribution is 2.24. The van der Waals surface area contributed by atoms with E-state index in [-0.39, 0.29) is 0 Å². The first kappa shape index (κ1) is 14.2. The zero-order valence-electron chi connectivity index (χ0n) is 12.3. The zero-order chi connectivity index (χ0) is 15.6. The molecule has 3 aromatic rings. The molecule has 1 saturated heterocycles. The second kappa shape index (κ2) is 6.02. The van der Waals surface area contributed by atoms with Crippen molar-refractivity contribution < 1.29 is 4.74 Å². The summed E-state index contributed by atoms with van der Waals surface area (Å²) < 4.78 is 5.39. The van der Waals surface area contributed by atoms with E-state index < -0.39 is 0 Å². The molecule has 0 saturated carbocycles. The minimum atomic E-state index is 0.359. The number of H-pyrrole nitrogens is 1. The van der Waals surface area contributed by atoms with Crippen LogP contribution in [0.25, 0.3) is 11.2 Å². The molecule has 0 atom stereocenters. The smallest absolute Gasteiger partial charge is 0.207 e. The molecule has 1 fully saturated rings. The standard InChI is InChI=1S/C15H15ClN6O/c16-13-12-14(18-9-17-13)21-15(20-12)19-10-2-1-3-11(8-10)22-4-6-23-7-5-22/h1-3,8-9H,4-7H2,(H2,17,18,19,20,21). The van der Waals surface area contributed by atoms with E-state index in [0.717, 1.165) is 37.7 Å². The minimum absolute atomic E-state index is 0.359. The molecule has 0 amide bonds. The van der Waals surface area contributed by atoms with Crippen LogP contribution >= 0.6 is 11.6 Å². The van der Waals surface area contributed by atoms with Gasteiger partial charge < -0.3 is 19.9 Å². The van der Waals surface area contributed by atoms with Crippen molar-refractivity contribution in [1.29, 1.82) is 0 Å². The number of fused-ring (bicyclic) bond motifs is 1. The van der Waals surface area contributed by atoms with Gasteiger partial charge in [-0.1, -0.05) is 17.7 Å². The van der Waals surface area contributed by atoms with Crippen LogP contribution in [-0.2, 0) is 4.74 Å². The number of ether oxygens (including phenoxy) is 1. The van der Waals surface area contributed by atoms with Crippen LogP contribution in [0, 0.1) is 0 Å². The number of morpholine rings is 1. The predicted molar refractivity (Wildman–Crippen MR) is 89.5 cm³/mol. The molecule has 0 bridgehead atoms. The highest BCUT2D eigenvalue weighted by Gasteiger charge is 2.12. The van der Waals surface area contributed by atoms with E-state index in [0.29, 0.717) is 22.3 Å². The number of aromatic nitrogens is 4. The number of hydrogen-bond acceptors (Lipinski definition) is 6. The fraction of sp³-hybridized carbons (Fsp3) is 0.267. The normalized spacial score (nSPS) is 15.1. The molecule has 7 nitrogen and oxygen atoms in total. The summed E-state index contributed by atoms with van der Waals surface area (Å²) in [5, 5.41) is 3.61. The zero-order valence-corrected chi connectivity index (χ0v) is 13.0. The van der Waals surface area contributed by atoms with E-state index in [1.165, 1.54) is 6.33 Å². The van der Waals surface area contributed by atoms with E-state index in [2.05, 4.69) is 42.3 Å². The summed E-state index contributed by atoms with van der Waals surface area (Å²) in [6.07, 6.45) is 1.40. The number of nitrogens with zero attached hydrogens (tertiary/aromatic N) is 4. The second-order valence-corrected chi connectivity index (χ2v) is 5.58. The maximum absolute atomic E-state index is 6.03. The lowest BCUT2D eigenvalue weighted by Gasteiger charge is -2.29. The van der Waals surface area contributed by atoms with Gasteiger partial charge in [-0.05, 0) is 18.2 Å². The Hall–Kier alpha value is -2.38. The first-order chi connectivity index (χ1) is 11.3. The number of imidazole rings is 1. The Bertz CT molecular complexity index is 830. The Morgan fingerprint density at radius 2 is 2.09 bits per heavy atom. The molecule has 0 unspecified atom stereocenters. The minimum Gasteiger partial charge on any atom is -0.378 e. The predicted octanol–water partition coefficient (Wildman–Crippen LogP) is 2.59. The monoisotopic (exact) mass is 330 g/mol. The van der Waals surface area contributed by atoms with Crippen molar-refractivity contribution in [2.75, 3.05) is 36.5 Å². The second-order valence-electron chi connectivity index (χ2n) is 5.22. The fourth-order valence-electron chi connectivity index (χ4n) is 2.60. The topological polar surface area (TPSA) is 79.0 Å². The first-order valence-corrected chi connectivity index (χ1v) is 7.73. The molecule has 23 heavy (non-hydrogen) atoms. The van der Waals surface area contributed by atoms with Gasteiger partial charge in [0.1, 0.15) is 11.8 Å². The van der Waals surface area contributed by atoms with Crippen molar-refractivity contribution in [3.8, 4) is 0 Å². The summed E-state index contributed by atoms with van der Waals surface area (Å²) in [6.45, 7) is 3.33. The van der Waals surface area contributed by atoms with Gasteiger partial charge in [0, 0.05) is 24.5 Å². The van der Waals surface area contributed by atoms with Gasteiger partial charge in [0.05, 0.1) is 13.2 Å². The molecular formula is C15H15ClN6O. The molecule has 4 rings (SSSR count). The summed E-state index contributed by atoms with van der Waals surface area (Å²) in [4.78, 5) is 17.8. The number of rotatable bonds is 3. The third kappa shape index (κ3) is 2.93. The van der Waals surface area contributed by atoms with Crippen LogP contribution in [0.2, 0.25) is 5.15 Å². The van der Waals surface area contributed by atoms with Crippen LogP contribution in [-0.4, -0.2) is 46.2 Å². The molecule has 2 N–H and O–H groups in total. The summed E-state index contributed by atoms with van der Waals surface area (Å²) >= 11 is 6.03. The van der Waals surface area contributed by atoms with Crippen molar-refractivity contribution in [1.82, 2.24) is 19.9 Å². The van der Waals surface area contributed by atoms with Gasteiger partial charge in [0.15, 0.2) is 10.8 Å². The van der Waals surface area contributed by atoms with Gasteiger partial charge in [-0.15, -0.1) is 0 Å². The number of benzene rings is 1. The number of halogens is 1. The Labute approximate surface area is 137 Å². The molecule has 1 aliphatic rings. The third-order valence-corrected chi connectivity index (χ3v) is 4.01. The molecule has 118 valence electrons. The third-order valence-electron chi connectivity index (χ3n) is 3.73. The van der Waals surface area contributed by atoms with Gasteiger partial charge in [-0.25, -0.2) is 9.97 Å². The van der Waals surface area contributed by atoms with E-state index in [4.69, 9.17) is 16.3 Å². The number of anilines is 3. The van der Waals surface area contributed by atoms with Crippen LogP contribution in [0.5, 0.6) is 0 Å². The first-order valence-electron chi connectivity index (χ1n) is 7.35. The van der Waals surface area contributed by atoms with Crippen LogP contribution in [0.3, 0.4) is 0 Å². The van der Waals surface area contributed by atoms with Gasteiger partial charge >= 0.3 is 0 Å². The van der Waals surface area contributed by atoms with Crippen molar-refractivity contribution in [2.24, 2.45) is 0 Å². The molecule has 0 radical (unpaired) electrons. The maximum atomic E-state index is 6.03. The lowest BCUT2D eigenvalue weighted by molar-refractivity contribution is 0.122. The number of hydrogen-bond donors (Lipinski definition) is 2. The van der Waals surface area contributed by atoms with Crippen LogP contribution in [0.4, 0.5) is 17.3 Å². The van der Waals surface area contributed by atoms with Crippen molar-refractivity contribution in [2.45, 2.75) is 0 Å². The molecule has 2 aromatic heterocycles. The lowest BCUT2D eigenvalue weighted by atomic mass is 10.2. The van der Waals surface area contributed by atoms with Crippen LogP contribution < -0.4 is 10.2 Å². The van der Waals surface area contributed by atoms with Crippen LogP contribution in [0.1, 0.15) is 0 Å². The average Bonchev–Trinajstić information content (AvgIpc) is 3.00. The Morgan fingerprint density at radius 1 is 1.22 bits per heavy atom. The van der Waals surface area contributed by atoms with Crippen molar-refractivity contribution >= 4 is 40.1 Å². The average molecular weight is 331 g/mol. The molecule has 3 heterocycles. The van der Waals surface area contributed by atoms with Crippen molar-refractivity contribution in [3.63, 3.8) is 0 Å². The summed E-state index contributed by atoms with van der Waals surface area (Å²) in [5.41, 5.74) is 3.27. The maximum Gasteiger partial charge on any atom is 0.207 e. The van der Waals surface area contributed by atoms with Crippen molar-refractivity contribution in [3.05, 3.63) is 35.7 Å². The molecule has 0 spiro atoms. The SMILES string of the molecule is Clc1ncnc2nc(Nc3cccc(N4CCOCC4)c3)[nH]c12. The highest BCUT2D eigenvalue weighted by atomic mass is 35.5. The Morgan fingerprint density at radius 3 is 2.91 bits per heavy atom. The van der Waals surface area contributed by atoms with E-state index in [9.17, 15) is 0 Å². The van der Waals surface area contributed by atoms with E-state index >= 15 is 0 Å². The molecular weight excluding hydrogens is 316 g/mol. The summed E-state index contributed by atoms with van der Waals surface area (Å²) in [6, 6.07) is 8.19. The van der Waals surface area contributed by atoms with Gasteiger partial charge in [-0.2, -0.15) is 4.98 Å². The quantitative estimate of drug-likeness (QED) is 0.719. The largest absolute Gasteiger partial charge is 0.378 e. The van der Waals surface area contributed by atoms with Gasteiger partial charge in [0.25, 0.3) is 0 Å². The Balaban J connectivity index is 1.59. The molecule has 8 heteroatoms. The van der Waals surface area contributed by atoms with Gasteiger partial charge in [-0.3, -0.25) is 0 Å². The van der Waals surface area contributed by atoms with E-state index in [1.54, 1.807) is 0 Å². The number of aromatic amines is 1. The molecule has 1 aliphatic heterocycles. The van der Waals surface area contributed by atoms with Crippen LogP contribution in [0.15, 0.2) is 30.6 Å². The van der Waals surface area contributed by atoms with Gasteiger partial charge in [0.2, 0.25) is 5.95 Å². The summed E-state index contributed by atoms with van der Waals surface area (Å²) in [5.74, 6) is 0.585. The highest BCUT2D eigenvalue weighted by molar-refractivity contribution is 6.33. The lowest BCUT2D eigenvalue weighted by Crippen LogP contribution is -2.36. The van der Waals surface area contributed by atoms with E-state index in [1.807, 2.05) is 12.1 Å². The molecule has 0 aliphatic carbocycles. The number of nitrogens with one attached hydrogen (secondary N) is 2. The molecule has 1 aromatic carbocycles. The Kier molecular flexibility index (Phi) is 3.72. The summed E-state index contributed by atoms with van der Waals surface area (Å²) in [7, 11) is 0. The fourth-order valence-corrected chi connectivity index (χ4v) is 2.77.